The van der Waals surface area contributed by atoms with Crippen molar-refractivity contribution in [3.63, 3.8) is 0 Å². The van der Waals surface area contributed by atoms with E-state index >= 15 is 0 Å². The van der Waals surface area contributed by atoms with Gasteiger partial charge in [-0.05, 0) is 48.0 Å². The number of nitrogens with one attached hydrogen (secondary N) is 1. The Morgan fingerprint density at radius 3 is 2.34 bits per heavy atom. The summed E-state index contributed by atoms with van der Waals surface area (Å²) in [6.45, 7) is 1.26. The van der Waals surface area contributed by atoms with Gasteiger partial charge in [-0.3, -0.25) is 19.3 Å². The van der Waals surface area contributed by atoms with Crippen molar-refractivity contribution < 1.29 is 33.3 Å². The van der Waals surface area contributed by atoms with Crippen LogP contribution in [0.5, 0.6) is 17.2 Å². The summed E-state index contributed by atoms with van der Waals surface area (Å²) in [5.74, 6) is 1.06. The minimum absolute atomic E-state index is 0.0681. The zero-order chi connectivity index (χ0) is 28.4. The zero-order valence-corrected chi connectivity index (χ0v) is 22.7. The first-order chi connectivity index (χ1) is 20.0. The highest BCUT2D eigenvalue weighted by molar-refractivity contribution is 5.99. The third kappa shape index (κ3) is 5.18. The van der Waals surface area contributed by atoms with E-state index in [-0.39, 0.29) is 31.1 Å². The van der Waals surface area contributed by atoms with Crippen LogP contribution in [0.25, 0.3) is 0 Å². The van der Waals surface area contributed by atoms with Crippen LogP contribution < -0.4 is 19.5 Å². The number of hydrogen-bond donors (Lipinski definition) is 1. The summed E-state index contributed by atoms with van der Waals surface area (Å²) in [7, 11) is 1.56. The van der Waals surface area contributed by atoms with Crippen molar-refractivity contribution in [3.8, 4) is 17.2 Å². The molecule has 1 unspecified atom stereocenters. The highest BCUT2D eigenvalue weighted by Gasteiger charge is 2.54. The number of nitrogens with zero attached hydrogens (tertiary/aromatic N) is 2. The zero-order valence-electron chi connectivity index (χ0n) is 22.7. The van der Waals surface area contributed by atoms with Crippen LogP contribution in [-0.4, -0.2) is 72.9 Å². The van der Waals surface area contributed by atoms with Crippen molar-refractivity contribution in [1.29, 1.82) is 0 Å². The van der Waals surface area contributed by atoms with Gasteiger partial charge >= 0.3 is 0 Å². The van der Waals surface area contributed by atoms with E-state index in [4.69, 9.17) is 18.9 Å². The lowest BCUT2D eigenvalue weighted by Crippen LogP contribution is -2.59. The second kappa shape index (κ2) is 11.1. The average molecular weight is 558 g/mol. The lowest BCUT2D eigenvalue weighted by atomic mass is 9.96. The Bertz CT molecular complexity index is 1440. The van der Waals surface area contributed by atoms with Gasteiger partial charge in [0.05, 0.1) is 13.7 Å². The minimum atomic E-state index is -1.02. The lowest BCUT2D eigenvalue weighted by molar-refractivity contribution is -0.128. The SMILES string of the molecule is COc1ccc(C(=O)N2C(C(=O)NCc3ccccc3)COC23CCN(C(=O)c2ccc4c(c2)OCO4)CC3)cc1. The van der Waals surface area contributed by atoms with Gasteiger partial charge in [-0.25, -0.2) is 0 Å². The summed E-state index contributed by atoms with van der Waals surface area (Å²) in [4.78, 5) is 44.1. The molecule has 1 atom stereocenters. The van der Waals surface area contributed by atoms with E-state index in [9.17, 15) is 14.4 Å². The summed E-state index contributed by atoms with van der Waals surface area (Å²) in [5, 5.41) is 2.97. The maximum atomic E-state index is 14.0. The van der Waals surface area contributed by atoms with E-state index in [2.05, 4.69) is 5.32 Å². The average Bonchev–Trinajstić information content (AvgIpc) is 3.64. The lowest BCUT2D eigenvalue weighted by Gasteiger charge is -2.44. The number of piperidine rings is 1. The number of amides is 3. The van der Waals surface area contributed by atoms with Crippen LogP contribution in [0.3, 0.4) is 0 Å². The number of benzene rings is 3. The van der Waals surface area contributed by atoms with Crippen molar-refractivity contribution >= 4 is 17.7 Å². The number of likely N-dealkylation sites (tertiary alicyclic amines) is 1. The molecule has 0 radical (unpaired) electrons. The van der Waals surface area contributed by atoms with Crippen molar-refractivity contribution in [3.05, 3.63) is 89.5 Å². The van der Waals surface area contributed by atoms with E-state index in [1.165, 1.54) is 0 Å². The minimum Gasteiger partial charge on any atom is -0.497 e. The number of fused-ring (bicyclic) bond motifs is 1. The molecule has 41 heavy (non-hydrogen) atoms. The smallest absolute Gasteiger partial charge is 0.256 e. The van der Waals surface area contributed by atoms with E-state index < -0.39 is 11.8 Å². The summed E-state index contributed by atoms with van der Waals surface area (Å²) >= 11 is 0. The normalized spacial score (nSPS) is 18.8. The molecule has 3 aliphatic heterocycles. The number of hydrogen-bond acceptors (Lipinski definition) is 7. The molecule has 2 fully saturated rings. The quantitative estimate of drug-likeness (QED) is 0.496. The van der Waals surface area contributed by atoms with Crippen LogP contribution in [0, 0.1) is 0 Å². The van der Waals surface area contributed by atoms with Gasteiger partial charge in [0.15, 0.2) is 11.5 Å². The topological polar surface area (TPSA) is 107 Å². The van der Waals surface area contributed by atoms with Gasteiger partial charge in [-0.1, -0.05) is 30.3 Å². The number of carbonyl (C=O) groups excluding carboxylic acids is 3. The number of carbonyl (C=O) groups is 3. The van der Waals surface area contributed by atoms with Crippen molar-refractivity contribution in [2.45, 2.75) is 31.2 Å². The highest BCUT2D eigenvalue weighted by atomic mass is 16.7. The molecular formula is C31H31N3O7. The Kier molecular flexibility index (Phi) is 7.23. The van der Waals surface area contributed by atoms with Gasteiger partial charge in [0.2, 0.25) is 12.7 Å². The molecule has 0 saturated carbocycles. The standard InChI is InChI=1S/C31H31N3O7/c1-38-24-10-7-22(8-11-24)30(37)34-25(28(35)32-18-21-5-3-2-4-6-21)19-41-31(34)13-15-33(16-14-31)29(36)23-9-12-26-27(17-23)40-20-39-26/h2-12,17,25H,13-16,18-20H2,1H3,(H,32,35). The fraction of sp³-hybridized carbons (Fsp3) is 0.323. The second-order valence-corrected chi connectivity index (χ2v) is 10.2. The third-order valence-corrected chi connectivity index (χ3v) is 7.88. The maximum absolute atomic E-state index is 14.0. The molecule has 3 amide bonds. The van der Waals surface area contributed by atoms with Crippen LogP contribution in [0.4, 0.5) is 0 Å². The fourth-order valence-corrected chi connectivity index (χ4v) is 5.61. The highest BCUT2D eigenvalue weighted by Crippen LogP contribution is 2.39. The molecular weight excluding hydrogens is 526 g/mol. The van der Waals surface area contributed by atoms with Crippen molar-refractivity contribution in [2.75, 3.05) is 33.6 Å². The second-order valence-electron chi connectivity index (χ2n) is 10.2. The summed E-state index contributed by atoms with van der Waals surface area (Å²) in [5.41, 5.74) is 0.868. The Morgan fingerprint density at radius 2 is 1.61 bits per heavy atom. The maximum Gasteiger partial charge on any atom is 0.256 e. The molecule has 3 aromatic carbocycles. The monoisotopic (exact) mass is 557 g/mol. The van der Waals surface area contributed by atoms with Crippen molar-refractivity contribution in [1.82, 2.24) is 15.1 Å². The van der Waals surface area contributed by atoms with Crippen LogP contribution in [0.2, 0.25) is 0 Å². The van der Waals surface area contributed by atoms with Crippen LogP contribution >= 0.6 is 0 Å². The molecule has 1 spiro atoms. The Balaban J connectivity index is 1.21. The fourth-order valence-electron chi connectivity index (χ4n) is 5.61. The molecule has 0 aliphatic carbocycles. The molecule has 3 heterocycles. The van der Waals surface area contributed by atoms with Crippen molar-refractivity contribution in [2.24, 2.45) is 0 Å². The van der Waals surface area contributed by atoms with Crippen LogP contribution in [0.15, 0.2) is 72.8 Å². The summed E-state index contributed by atoms with van der Waals surface area (Å²) < 4.78 is 22.3. The van der Waals surface area contributed by atoms with Gasteiger partial charge < -0.3 is 29.2 Å². The Morgan fingerprint density at radius 1 is 0.902 bits per heavy atom. The molecule has 2 saturated heterocycles. The van der Waals surface area contributed by atoms with Crippen LogP contribution in [-0.2, 0) is 16.1 Å². The first-order valence-electron chi connectivity index (χ1n) is 13.6. The van der Waals surface area contributed by atoms with E-state index in [1.54, 1.807) is 59.4 Å². The van der Waals surface area contributed by atoms with Gasteiger partial charge in [-0.2, -0.15) is 0 Å². The predicted octanol–water partition coefficient (Wildman–Crippen LogP) is 3.21. The number of ether oxygens (including phenoxy) is 4. The van der Waals surface area contributed by atoms with Gasteiger partial charge in [-0.15, -0.1) is 0 Å². The predicted molar refractivity (Wildman–Crippen MR) is 148 cm³/mol. The molecule has 3 aromatic rings. The Hall–Kier alpha value is -4.57. The number of methoxy groups -OCH3 is 1. The molecule has 10 heteroatoms. The molecule has 1 N–H and O–H groups in total. The third-order valence-electron chi connectivity index (χ3n) is 7.88. The largest absolute Gasteiger partial charge is 0.497 e. The molecule has 6 rings (SSSR count). The molecule has 212 valence electrons. The first-order valence-corrected chi connectivity index (χ1v) is 13.6. The molecule has 3 aliphatic rings. The summed E-state index contributed by atoms with van der Waals surface area (Å²) in [6, 6.07) is 20.7. The van der Waals surface area contributed by atoms with E-state index in [1.807, 2.05) is 30.3 Å². The van der Waals surface area contributed by atoms with Gasteiger partial charge in [0.25, 0.3) is 11.8 Å². The first kappa shape index (κ1) is 26.6. The molecule has 0 aromatic heterocycles. The van der Waals surface area contributed by atoms with Crippen LogP contribution in [0.1, 0.15) is 39.1 Å². The Labute approximate surface area is 237 Å². The molecule has 0 bridgehead atoms. The van der Waals surface area contributed by atoms with Gasteiger partial charge in [0.1, 0.15) is 17.5 Å². The van der Waals surface area contributed by atoms with Gasteiger partial charge in [0, 0.05) is 43.6 Å². The summed E-state index contributed by atoms with van der Waals surface area (Å²) in [6.07, 6.45) is 0.737. The number of rotatable bonds is 6. The van der Waals surface area contributed by atoms with E-state index in [0.29, 0.717) is 60.9 Å². The van der Waals surface area contributed by atoms with E-state index in [0.717, 1.165) is 5.56 Å². The molecule has 10 nitrogen and oxygen atoms in total.